The van der Waals surface area contributed by atoms with Crippen molar-refractivity contribution in [3.05, 3.63) is 28.0 Å². The molecule has 0 unspecified atom stereocenters. The molecule has 1 heterocycles. The summed E-state index contributed by atoms with van der Waals surface area (Å²) in [4.78, 5) is 16.8. The number of rotatable bonds is 1. The normalized spacial score (nSPS) is 10.9. The van der Waals surface area contributed by atoms with Gasteiger partial charge in [0.05, 0.1) is 9.99 Å². The molecule has 0 radical (unpaired) electrons. The predicted octanol–water partition coefficient (Wildman–Crippen LogP) is 1.70. The quantitative estimate of drug-likeness (QED) is 0.778. The van der Waals surface area contributed by atoms with Crippen molar-refractivity contribution in [1.29, 1.82) is 0 Å². The number of carbonyl (C=O) groups is 1. The average Bonchev–Trinajstić information content (AvgIpc) is 2.58. The number of hydrogen-bond donors (Lipinski definition) is 2. The van der Waals surface area contributed by atoms with Crippen LogP contribution in [0, 0.1) is 11.6 Å². The van der Waals surface area contributed by atoms with Gasteiger partial charge in [-0.2, -0.15) is 0 Å². The average molecular weight is 276 g/mol. The van der Waals surface area contributed by atoms with Crippen LogP contribution in [-0.2, 0) is 0 Å². The van der Waals surface area contributed by atoms with Gasteiger partial charge in [0.2, 0.25) is 0 Å². The number of imidazole rings is 1. The molecule has 2 aromatic rings. The number of nitrogens with one attached hydrogen (secondary N) is 1. The van der Waals surface area contributed by atoms with Crippen molar-refractivity contribution in [2.45, 2.75) is 0 Å². The third-order valence-corrected chi connectivity index (χ3v) is 2.57. The molecule has 0 bridgehead atoms. The molecule has 0 aliphatic rings. The van der Waals surface area contributed by atoms with Crippen molar-refractivity contribution in [2.24, 2.45) is 5.73 Å². The number of halogens is 3. The van der Waals surface area contributed by atoms with Gasteiger partial charge < -0.3 is 10.7 Å². The molecule has 0 fully saturated rings. The summed E-state index contributed by atoms with van der Waals surface area (Å²) in [6, 6.07) is 1.03. The van der Waals surface area contributed by atoms with Gasteiger partial charge in [0.15, 0.2) is 11.6 Å². The van der Waals surface area contributed by atoms with Gasteiger partial charge in [-0.3, -0.25) is 4.79 Å². The smallest absolute Gasteiger partial charge is 0.284 e. The van der Waals surface area contributed by atoms with E-state index in [9.17, 15) is 13.6 Å². The zero-order valence-electron chi connectivity index (χ0n) is 7.14. The summed E-state index contributed by atoms with van der Waals surface area (Å²) in [6.45, 7) is 0. The molecular weight excluding hydrogens is 272 g/mol. The summed E-state index contributed by atoms with van der Waals surface area (Å²) in [5.41, 5.74) is 4.90. The monoisotopic (exact) mass is 275 g/mol. The first-order valence-corrected chi connectivity index (χ1v) is 4.63. The number of amides is 1. The first kappa shape index (κ1) is 10.0. The number of aromatic amines is 1. The summed E-state index contributed by atoms with van der Waals surface area (Å²) in [5, 5.41) is 0. The van der Waals surface area contributed by atoms with Crippen LogP contribution in [0.5, 0.6) is 0 Å². The molecule has 7 heteroatoms. The lowest BCUT2D eigenvalue weighted by atomic mass is 10.3. The lowest BCUT2D eigenvalue weighted by molar-refractivity contribution is 0.0991. The highest BCUT2D eigenvalue weighted by molar-refractivity contribution is 9.10. The first-order chi connectivity index (χ1) is 7.00. The minimum absolute atomic E-state index is 0.0852. The molecule has 4 nitrogen and oxygen atoms in total. The molecule has 1 aromatic carbocycles. The third-order valence-electron chi connectivity index (χ3n) is 1.85. The van der Waals surface area contributed by atoms with E-state index in [4.69, 9.17) is 5.73 Å². The van der Waals surface area contributed by atoms with Crippen LogP contribution < -0.4 is 5.73 Å². The largest absolute Gasteiger partial charge is 0.363 e. The Hall–Kier alpha value is -1.50. The summed E-state index contributed by atoms with van der Waals surface area (Å²) in [5.74, 6) is -2.68. The van der Waals surface area contributed by atoms with Crippen molar-refractivity contribution in [2.75, 3.05) is 0 Å². The predicted molar refractivity (Wildman–Crippen MR) is 52.2 cm³/mol. The number of nitrogens with two attached hydrogens (primary N) is 1. The third kappa shape index (κ3) is 1.48. The molecule has 0 saturated heterocycles. The number of nitrogens with zero attached hydrogens (tertiary/aromatic N) is 1. The van der Waals surface area contributed by atoms with Gasteiger partial charge in [0.1, 0.15) is 11.3 Å². The second-order valence-corrected chi connectivity index (χ2v) is 3.63. The van der Waals surface area contributed by atoms with Gasteiger partial charge in [0.25, 0.3) is 5.91 Å². The van der Waals surface area contributed by atoms with Crippen molar-refractivity contribution in [3.8, 4) is 0 Å². The van der Waals surface area contributed by atoms with Gasteiger partial charge >= 0.3 is 0 Å². The van der Waals surface area contributed by atoms with Crippen molar-refractivity contribution >= 4 is 32.9 Å². The van der Waals surface area contributed by atoms with E-state index in [1.807, 2.05) is 0 Å². The Balaban J connectivity index is 2.82. The molecule has 78 valence electrons. The number of H-pyrrole nitrogens is 1. The van der Waals surface area contributed by atoms with E-state index in [0.717, 1.165) is 6.07 Å². The second kappa shape index (κ2) is 3.27. The van der Waals surface area contributed by atoms with Crippen LogP contribution in [0.4, 0.5) is 8.78 Å². The SMILES string of the molecule is NC(=O)c1nc2c(F)c(Br)c(F)cc2[nH]1. The summed E-state index contributed by atoms with van der Waals surface area (Å²) < 4.78 is 26.2. The maximum absolute atomic E-state index is 13.4. The van der Waals surface area contributed by atoms with E-state index in [1.54, 1.807) is 0 Å². The molecule has 0 saturated carbocycles. The number of aromatic nitrogens is 2. The van der Waals surface area contributed by atoms with Crippen LogP contribution in [0.3, 0.4) is 0 Å². The molecule has 2 rings (SSSR count). The number of hydrogen-bond acceptors (Lipinski definition) is 2. The van der Waals surface area contributed by atoms with Crippen molar-refractivity contribution in [1.82, 2.24) is 9.97 Å². The minimum Gasteiger partial charge on any atom is -0.363 e. The number of primary amides is 1. The van der Waals surface area contributed by atoms with E-state index >= 15 is 0 Å². The Labute approximate surface area is 90.6 Å². The Kier molecular flexibility index (Phi) is 2.18. The van der Waals surface area contributed by atoms with Crippen LogP contribution in [0.15, 0.2) is 10.5 Å². The lowest BCUT2D eigenvalue weighted by Crippen LogP contribution is -2.12. The van der Waals surface area contributed by atoms with Crippen LogP contribution in [-0.4, -0.2) is 15.9 Å². The Morgan fingerprint density at radius 2 is 2.20 bits per heavy atom. The molecule has 0 atom stereocenters. The Bertz CT molecular complexity index is 567. The fourth-order valence-electron chi connectivity index (χ4n) is 1.17. The van der Waals surface area contributed by atoms with E-state index in [-0.39, 0.29) is 21.3 Å². The van der Waals surface area contributed by atoms with E-state index in [1.165, 1.54) is 0 Å². The second-order valence-electron chi connectivity index (χ2n) is 2.83. The summed E-state index contributed by atoms with van der Waals surface area (Å²) in [7, 11) is 0. The van der Waals surface area contributed by atoms with Gasteiger partial charge in [0, 0.05) is 6.07 Å². The zero-order valence-corrected chi connectivity index (χ0v) is 8.73. The van der Waals surface area contributed by atoms with Crippen LogP contribution in [0.2, 0.25) is 0 Å². The fraction of sp³-hybridized carbons (Fsp3) is 0. The minimum atomic E-state index is -0.867. The Morgan fingerprint density at radius 1 is 1.53 bits per heavy atom. The fourth-order valence-corrected chi connectivity index (χ4v) is 1.48. The number of fused-ring (bicyclic) bond motifs is 1. The lowest BCUT2D eigenvalue weighted by Gasteiger charge is -1.96. The van der Waals surface area contributed by atoms with Crippen LogP contribution in [0.25, 0.3) is 11.0 Å². The topological polar surface area (TPSA) is 71.8 Å². The number of benzene rings is 1. The molecule has 3 N–H and O–H groups in total. The maximum atomic E-state index is 13.4. The molecule has 0 aliphatic heterocycles. The van der Waals surface area contributed by atoms with E-state index in [2.05, 4.69) is 25.9 Å². The van der Waals surface area contributed by atoms with Crippen LogP contribution in [0.1, 0.15) is 10.6 Å². The molecule has 1 amide bonds. The van der Waals surface area contributed by atoms with Gasteiger partial charge in [-0.1, -0.05) is 0 Å². The molecule has 1 aromatic heterocycles. The van der Waals surface area contributed by atoms with E-state index in [0.29, 0.717) is 0 Å². The van der Waals surface area contributed by atoms with Crippen LogP contribution >= 0.6 is 15.9 Å². The first-order valence-electron chi connectivity index (χ1n) is 3.83. The summed E-state index contributed by atoms with van der Waals surface area (Å²) in [6.07, 6.45) is 0. The maximum Gasteiger partial charge on any atom is 0.284 e. The highest BCUT2D eigenvalue weighted by Crippen LogP contribution is 2.26. The Morgan fingerprint density at radius 3 is 2.80 bits per heavy atom. The standard InChI is InChI=1S/C8H4BrF2N3O/c9-4-2(10)1-3-6(5(4)11)14-8(13-3)7(12)15/h1H,(H2,12,15)(H,13,14). The van der Waals surface area contributed by atoms with Gasteiger partial charge in [-0.05, 0) is 15.9 Å². The van der Waals surface area contributed by atoms with Gasteiger partial charge in [-0.25, -0.2) is 13.8 Å². The molecule has 0 aliphatic carbocycles. The summed E-state index contributed by atoms with van der Waals surface area (Å²) >= 11 is 2.73. The number of carbonyl (C=O) groups excluding carboxylic acids is 1. The van der Waals surface area contributed by atoms with Crippen molar-refractivity contribution < 1.29 is 13.6 Å². The van der Waals surface area contributed by atoms with Gasteiger partial charge in [-0.15, -0.1) is 0 Å². The molecule has 0 spiro atoms. The molecular formula is C8H4BrF2N3O. The van der Waals surface area contributed by atoms with Crippen molar-refractivity contribution in [3.63, 3.8) is 0 Å². The zero-order chi connectivity index (χ0) is 11.2. The molecule has 15 heavy (non-hydrogen) atoms. The van der Waals surface area contributed by atoms with E-state index < -0.39 is 17.5 Å². The highest BCUT2D eigenvalue weighted by Gasteiger charge is 2.16. The highest BCUT2D eigenvalue weighted by atomic mass is 79.9.